The molecule has 1 aliphatic rings. The molecule has 2 heterocycles. The number of fused-ring (bicyclic) bond motifs is 1. The number of para-hydroxylation sites is 1. The molecule has 6 heteroatoms. The number of hydrogen-bond donors (Lipinski definition) is 3. The summed E-state index contributed by atoms with van der Waals surface area (Å²) >= 11 is 1.62. The van der Waals surface area contributed by atoms with Crippen LogP contribution in [-0.2, 0) is 0 Å². The molecule has 0 aliphatic carbocycles. The second kappa shape index (κ2) is 4.80. The minimum absolute atomic E-state index is 0.385. The molecule has 3 rings (SSSR count). The summed E-state index contributed by atoms with van der Waals surface area (Å²) in [6, 6.07) is 7.97. The molecule has 5 nitrogen and oxygen atoms in total. The first-order valence-electron chi connectivity index (χ1n) is 6.02. The van der Waals surface area contributed by atoms with Gasteiger partial charge in [-0.25, -0.2) is 9.97 Å². The van der Waals surface area contributed by atoms with Crippen molar-refractivity contribution in [1.29, 1.82) is 0 Å². The van der Waals surface area contributed by atoms with Gasteiger partial charge in [0.15, 0.2) is 10.9 Å². The lowest BCUT2D eigenvalue weighted by Crippen LogP contribution is -2.58. The summed E-state index contributed by atoms with van der Waals surface area (Å²) in [6.45, 7) is 0. The van der Waals surface area contributed by atoms with E-state index in [-0.39, 0.29) is 5.12 Å². The zero-order chi connectivity index (χ0) is 13.3. The molecule has 3 N–H and O–H groups in total. The molecule has 2 aromatic rings. The standard InChI is InChI=1S/C13H15N5S/c1-14-13(15-2)18-11(8-19-13)12-16-7-9-5-3-4-6-10(9)17-12/h3-8,14-15,18H,1-2H3. The molecule has 0 bridgehead atoms. The van der Waals surface area contributed by atoms with Gasteiger partial charge >= 0.3 is 0 Å². The highest BCUT2D eigenvalue weighted by molar-refractivity contribution is 8.03. The third-order valence-corrected chi connectivity index (χ3v) is 4.32. The number of aromatic nitrogens is 2. The monoisotopic (exact) mass is 273 g/mol. The molecular formula is C13H15N5S. The van der Waals surface area contributed by atoms with Gasteiger partial charge in [-0.15, -0.1) is 0 Å². The van der Waals surface area contributed by atoms with E-state index >= 15 is 0 Å². The molecule has 0 amide bonds. The highest BCUT2D eigenvalue weighted by Crippen LogP contribution is 2.30. The first-order chi connectivity index (χ1) is 9.26. The summed E-state index contributed by atoms with van der Waals surface area (Å²) in [4.78, 5) is 8.99. The fourth-order valence-electron chi connectivity index (χ4n) is 1.97. The molecule has 0 saturated heterocycles. The number of hydrogen-bond acceptors (Lipinski definition) is 6. The van der Waals surface area contributed by atoms with Crippen LogP contribution in [-0.4, -0.2) is 29.2 Å². The minimum atomic E-state index is -0.385. The average Bonchev–Trinajstić information content (AvgIpc) is 2.92. The average molecular weight is 273 g/mol. The lowest BCUT2D eigenvalue weighted by Gasteiger charge is -2.28. The van der Waals surface area contributed by atoms with E-state index < -0.39 is 0 Å². The number of thioether (sulfide) groups is 1. The highest BCUT2D eigenvalue weighted by atomic mass is 32.2. The highest BCUT2D eigenvalue weighted by Gasteiger charge is 2.32. The van der Waals surface area contributed by atoms with E-state index in [4.69, 9.17) is 0 Å². The van der Waals surface area contributed by atoms with Gasteiger partial charge in [0.1, 0.15) is 0 Å². The zero-order valence-electron chi connectivity index (χ0n) is 10.8. The van der Waals surface area contributed by atoms with E-state index in [0.29, 0.717) is 5.82 Å². The second-order valence-electron chi connectivity index (χ2n) is 4.21. The predicted molar refractivity (Wildman–Crippen MR) is 79.1 cm³/mol. The summed E-state index contributed by atoms with van der Waals surface area (Å²) in [5.41, 5.74) is 1.87. The molecule has 19 heavy (non-hydrogen) atoms. The molecule has 0 unspecified atom stereocenters. The van der Waals surface area contributed by atoms with Crippen molar-refractivity contribution in [2.75, 3.05) is 14.1 Å². The molecule has 0 fully saturated rings. The van der Waals surface area contributed by atoms with Crippen molar-refractivity contribution in [3.05, 3.63) is 41.7 Å². The Kier molecular flexibility index (Phi) is 3.14. The van der Waals surface area contributed by atoms with Crippen molar-refractivity contribution in [3.63, 3.8) is 0 Å². The van der Waals surface area contributed by atoms with E-state index in [9.17, 15) is 0 Å². The number of benzene rings is 1. The SMILES string of the molecule is CNC1(NC)NC(c2ncc3ccccc3n2)=CS1. The topological polar surface area (TPSA) is 61.9 Å². The summed E-state index contributed by atoms with van der Waals surface area (Å²) in [6.07, 6.45) is 1.85. The van der Waals surface area contributed by atoms with E-state index in [2.05, 4.69) is 25.9 Å². The van der Waals surface area contributed by atoms with Gasteiger partial charge in [-0.3, -0.25) is 10.6 Å². The fourth-order valence-corrected chi connectivity index (χ4v) is 2.84. The van der Waals surface area contributed by atoms with Crippen LogP contribution in [0.1, 0.15) is 5.82 Å². The molecule has 0 saturated carbocycles. The van der Waals surface area contributed by atoms with Crippen LogP contribution in [0.15, 0.2) is 35.9 Å². The van der Waals surface area contributed by atoms with Gasteiger partial charge in [0.05, 0.1) is 11.2 Å². The van der Waals surface area contributed by atoms with E-state index in [0.717, 1.165) is 16.6 Å². The van der Waals surface area contributed by atoms with Gasteiger partial charge in [0, 0.05) is 17.0 Å². The zero-order valence-corrected chi connectivity index (χ0v) is 11.6. The van der Waals surface area contributed by atoms with Crippen molar-refractivity contribution in [3.8, 4) is 0 Å². The van der Waals surface area contributed by atoms with Crippen LogP contribution in [0.25, 0.3) is 16.6 Å². The Morgan fingerprint density at radius 2 is 2.00 bits per heavy atom. The maximum absolute atomic E-state index is 4.58. The van der Waals surface area contributed by atoms with E-state index in [1.54, 1.807) is 11.8 Å². The van der Waals surface area contributed by atoms with Crippen LogP contribution >= 0.6 is 11.8 Å². The summed E-state index contributed by atoms with van der Waals surface area (Å²) < 4.78 is 0. The maximum Gasteiger partial charge on any atom is 0.197 e. The van der Waals surface area contributed by atoms with Crippen molar-refractivity contribution >= 4 is 28.4 Å². The van der Waals surface area contributed by atoms with Crippen molar-refractivity contribution in [1.82, 2.24) is 25.9 Å². The second-order valence-corrected chi connectivity index (χ2v) is 5.29. The first kappa shape index (κ1) is 12.4. The summed E-state index contributed by atoms with van der Waals surface area (Å²) in [5, 5.41) is 12.4. The van der Waals surface area contributed by atoms with Crippen LogP contribution in [0, 0.1) is 0 Å². The van der Waals surface area contributed by atoms with Crippen molar-refractivity contribution < 1.29 is 0 Å². The third kappa shape index (κ3) is 2.18. The largest absolute Gasteiger partial charge is 0.343 e. The van der Waals surface area contributed by atoms with Crippen LogP contribution in [0.3, 0.4) is 0 Å². The maximum atomic E-state index is 4.58. The smallest absolute Gasteiger partial charge is 0.197 e. The summed E-state index contributed by atoms with van der Waals surface area (Å²) in [7, 11) is 3.79. The van der Waals surface area contributed by atoms with Gasteiger partial charge in [-0.1, -0.05) is 30.0 Å². The summed E-state index contributed by atoms with van der Waals surface area (Å²) in [5.74, 6) is 0.707. The quantitative estimate of drug-likeness (QED) is 0.733. The Balaban J connectivity index is 1.94. The van der Waals surface area contributed by atoms with Gasteiger partial charge in [-0.05, 0) is 20.2 Å². The molecule has 98 valence electrons. The van der Waals surface area contributed by atoms with Crippen molar-refractivity contribution in [2.45, 2.75) is 5.12 Å². The number of rotatable bonds is 3. The first-order valence-corrected chi connectivity index (χ1v) is 6.90. The fraction of sp³-hybridized carbons (Fsp3) is 0.231. The molecular weight excluding hydrogens is 258 g/mol. The van der Waals surface area contributed by atoms with Crippen molar-refractivity contribution in [2.24, 2.45) is 0 Å². The Hall–Kier alpha value is -1.63. The van der Waals surface area contributed by atoms with Gasteiger partial charge < -0.3 is 5.32 Å². The Morgan fingerprint density at radius 3 is 2.74 bits per heavy atom. The molecule has 0 radical (unpaired) electrons. The van der Waals surface area contributed by atoms with Crippen LogP contribution in [0.5, 0.6) is 0 Å². The normalized spacial score (nSPS) is 17.3. The van der Waals surface area contributed by atoms with Gasteiger partial charge in [0.25, 0.3) is 0 Å². The van der Waals surface area contributed by atoms with Crippen LogP contribution in [0.2, 0.25) is 0 Å². The Morgan fingerprint density at radius 1 is 1.21 bits per heavy atom. The molecule has 1 aromatic carbocycles. The van der Waals surface area contributed by atoms with Gasteiger partial charge in [0.2, 0.25) is 0 Å². The lowest BCUT2D eigenvalue weighted by molar-refractivity contribution is 0.413. The van der Waals surface area contributed by atoms with Gasteiger partial charge in [-0.2, -0.15) is 0 Å². The van der Waals surface area contributed by atoms with Crippen LogP contribution < -0.4 is 16.0 Å². The number of nitrogens with zero attached hydrogens (tertiary/aromatic N) is 2. The lowest BCUT2D eigenvalue weighted by atomic mass is 10.2. The molecule has 1 aromatic heterocycles. The molecule has 0 spiro atoms. The van der Waals surface area contributed by atoms with E-state index in [1.807, 2.05) is 50.0 Å². The van der Waals surface area contributed by atoms with Crippen LogP contribution in [0.4, 0.5) is 0 Å². The molecule has 1 aliphatic heterocycles. The predicted octanol–water partition coefficient (Wildman–Crippen LogP) is 1.31. The Bertz CT molecular complexity index is 636. The molecule has 0 atom stereocenters. The Labute approximate surface area is 115 Å². The number of nitrogens with one attached hydrogen (secondary N) is 3. The minimum Gasteiger partial charge on any atom is -0.343 e. The third-order valence-electron chi connectivity index (χ3n) is 3.10. The van der Waals surface area contributed by atoms with E-state index in [1.165, 1.54) is 0 Å².